The molecule has 0 radical (unpaired) electrons. The average molecular weight is 428 g/mol. The lowest BCUT2D eigenvalue weighted by atomic mass is 10.0. The summed E-state index contributed by atoms with van der Waals surface area (Å²) in [6.45, 7) is 5.19. The molecule has 8 heteroatoms. The van der Waals surface area contributed by atoms with Crippen molar-refractivity contribution in [2.24, 2.45) is 0 Å². The number of rotatable bonds is 8. The summed E-state index contributed by atoms with van der Waals surface area (Å²) in [6.07, 6.45) is 3.33. The second-order valence-corrected chi connectivity index (χ2v) is 8.16. The quantitative estimate of drug-likeness (QED) is 0.599. The van der Waals surface area contributed by atoms with Gasteiger partial charge in [-0.25, -0.2) is 9.37 Å². The number of carbonyl (C=O) groups excluding carboxylic acids is 2. The Labute approximate surface area is 182 Å². The minimum Gasteiger partial charge on any atom is -0.384 e. The molecular weight excluding hydrogens is 397 g/mol. The third kappa shape index (κ3) is 6.01. The fourth-order valence-electron chi connectivity index (χ4n) is 3.90. The van der Waals surface area contributed by atoms with E-state index < -0.39 is 11.9 Å². The van der Waals surface area contributed by atoms with E-state index in [1.165, 1.54) is 6.07 Å². The molecule has 1 aliphatic heterocycles. The molecule has 1 fully saturated rings. The highest BCUT2D eigenvalue weighted by Crippen LogP contribution is 2.20. The second-order valence-electron chi connectivity index (χ2n) is 8.16. The fraction of sp³-hybridized carbons (Fsp3) is 0.435. The Morgan fingerprint density at radius 2 is 2.03 bits per heavy atom. The zero-order valence-corrected chi connectivity index (χ0v) is 18.0. The van der Waals surface area contributed by atoms with Crippen molar-refractivity contribution in [2.75, 3.05) is 12.3 Å². The average Bonchev–Trinajstić information content (AvgIpc) is 3.24. The van der Waals surface area contributed by atoms with E-state index in [4.69, 9.17) is 5.73 Å². The Morgan fingerprint density at radius 3 is 2.71 bits per heavy atom. The largest absolute Gasteiger partial charge is 0.384 e. The lowest BCUT2D eigenvalue weighted by Crippen LogP contribution is -2.53. The third-order valence-electron chi connectivity index (χ3n) is 5.59. The van der Waals surface area contributed by atoms with Crippen molar-refractivity contribution < 1.29 is 14.0 Å². The van der Waals surface area contributed by atoms with Gasteiger partial charge in [0, 0.05) is 25.2 Å². The molecule has 166 valence electrons. The number of anilines is 1. The van der Waals surface area contributed by atoms with Crippen LogP contribution in [0.15, 0.2) is 42.6 Å². The summed E-state index contributed by atoms with van der Waals surface area (Å²) >= 11 is 0. The molecule has 2 aromatic rings. The first kappa shape index (κ1) is 22.7. The molecule has 2 amide bonds. The maximum atomic E-state index is 14.2. The Balaban J connectivity index is 1.72. The molecule has 7 nitrogen and oxygen atoms in total. The Morgan fingerprint density at radius 1 is 1.26 bits per heavy atom. The van der Waals surface area contributed by atoms with Crippen LogP contribution in [0.3, 0.4) is 0 Å². The molecule has 0 unspecified atom stereocenters. The van der Waals surface area contributed by atoms with Gasteiger partial charge in [0.15, 0.2) is 0 Å². The maximum Gasteiger partial charge on any atom is 0.243 e. The number of halogens is 1. The van der Waals surface area contributed by atoms with Crippen molar-refractivity contribution in [2.45, 2.75) is 57.8 Å². The molecule has 0 spiro atoms. The van der Waals surface area contributed by atoms with E-state index in [1.807, 2.05) is 0 Å². The van der Waals surface area contributed by atoms with Crippen molar-refractivity contribution in [3.63, 3.8) is 0 Å². The topological polar surface area (TPSA) is 100 Å². The van der Waals surface area contributed by atoms with Gasteiger partial charge >= 0.3 is 0 Å². The van der Waals surface area contributed by atoms with Gasteiger partial charge in [-0.3, -0.25) is 14.5 Å². The van der Waals surface area contributed by atoms with Crippen molar-refractivity contribution >= 4 is 17.6 Å². The first-order chi connectivity index (χ1) is 14.8. The molecular formula is C23H30FN5O2. The lowest BCUT2D eigenvalue weighted by molar-refractivity contribution is -0.131. The van der Waals surface area contributed by atoms with Crippen molar-refractivity contribution in [1.29, 1.82) is 0 Å². The van der Waals surface area contributed by atoms with Crippen LogP contribution in [0.5, 0.6) is 0 Å². The molecule has 31 heavy (non-hydrogen) atoms. The van der Waals surface area contributed by atoms with Crippen LogP contribution in [-0.4, -0.2) is 46.4 Å². The second kappa shape index (κ2) is 10.3. The van der Waals surface area contributed by atoms with E-state index in [0.717, 1.165) is 24.9 Å². The predicted octanol–water partition coefficient (Wildman–Crippen LogP) is 2.02. The molecule has 2 atom stereocenters. The normalized spacial score (nSPS) is 17.5. The zero-order valence-electron chi connectivity index (χ0n) is 18.0. The van der Waals surface area contributed by atoms with Crippen molar-refractivity contribution in [3.05, 3.63) is 59.5 Å². The smallest absolute Gasteiger partial charge is 0.243 e. The molecule has 3 rings (SSSR count). The van der Waals surface area contributed by atoms with Gasteiger partial charge in [0.1, 0.15) is 17.7 Å². The number of amides is 2. The number of nitrogens with two attached hydrogens (primary N) is 1. The van der Waals surface area contributed by atoms with E-state index in [0.29, 0.717) is 11.4 Å². The molecule has 0 saturated carbocycles. The van der Waals surface area contributed by atoms with E-state index in [2.05, 4.69) is 34.4 Å². The van der Waals surface area contributed by atoms with Crippen LogP contribution in [0.4, 0.5) is 10.2 Å². The number of hydrogen-bond donors (Lipinski definition) is 3. The lowest BCUT2D eigenvalue weighted by Gasteiger charge is -2.29. The number of nitrogens with one attached hydrogen (secondary N) is 2. The minimum absolute atomic E-state index is 0.0681. The highest BCUT2D eigenvalue weighted by molar-refractivity contribution is 5.90. The van der Waals surface area contributed by atoms with Crippen LogP contribution >= 0.6 is 0 Å². The summed E-state index contributed by atoms with van der Waals surface area (Å²) in [5.74, 6) is -0.577. The number of nitrogens with zero attached hydrogens (tertiary/aromatic N) is 2. The number of pyridine rings is 1. The Bertz CT molecular complexity index is 903. The summed E-state index contributed by atoms with van der Waals surface area (Å²) in [6, 6.07) is 8.78. The molecule has 0 aliphatic carbocycles. The first-order valence-corrected chi connectivity index (χ1v) is 10.6. The van der Waals surface area contributed by atoms with Crippen LogP contribution < -0.4 is 16.4 Å². The summed E-state index contributed by atoms with van der Waals surface area (Å²) in [7, 11) is 0. The molecule has 2 heterocycles. The molecule has 1 aliphatic rings. The SMILES string of the molecule is CC(C)N1CCC[C@@H]1C(=O)N[C@@H](Cc1ccccc1F)C(=O)NCc1ccc(N)nc1. The molecule has 1 aromatic carbocycles. The summed E-state index contributed by atoms with van der Waals surface area (Å²) in [5, 5.41) is 5.69. The molecule has 0 bridgehead atoms. The van der Waals surface area contributed by atoms with E-state index in [1.54, 1.807) is 36.5 Å². The van der Waals surface area contributed by atoms with Crippen LogP contribution in [0.25, 0.3) is 0 Å². The highest BCUT2D eigenvalue weighted by Gasteiger charge is 2.34. The number of carbonyl (C=O) groups is 2. The summed E-state index contributed by atoms with van der Waals surface area (Å²) in [5.41, 5.74) is 6.75. The van der Waals surface area contributed by atoms with Gasteiger partial charge < -0.3 is 16.4 Å². The van der Waals surface area contributed by atoms with Gasteiger partial charge in [0.25, 0.3) is 0 Å². The van der Waals surface area contributed by atoms with Gasteiger partial charge in [0.05, 0.1) is 6.04 Å². The highest BCUT2D eigenvalue weighted by atomic mass is 19.1. The van der Waals surface area contributed by atoms with Crippen LogP contribution in [0, 0.1) is 5.82 Å². The van der Waals surface area contributed by atoms with Crippen LogP contribution in [-0.2, 0) is 22.6 Å². The van der Waals surface area contributed by atoms with Gasteiger partial charge in [-0.2, -0.15) is 0 Å². The standard InChI is InChI=1S/C23H30FN5O2/c1-15(2)29-11-5-8-20(29)23(31)28-19(12-17-6-3-4-7-18(17)24)22(30)27-14-16-9-10-21(25)26-13-16/h3-4,6-7,9-10,13,15,19-20H,5,8,11-12,14H2,1-2H3,(H2,25,26)(H,27,30)(H,28,31)/t19-,20+/m0/s1. The predicted molar refractivity (Wildman–Crippen MR) is 117 cm³/mol. The summed E-state index contributed by atoms with van der Waals surface area (Å²) < 4.78 is 14.2. The number of likely N-dealkylation sites (tertiary alicyclic amines) is 1. The maximum absolute atomic E-state index is 14.2. The van der Waals surface area contributed by atoms with Crippen molar-refractivity contribution in [3.8, 4) is 0 Å². The van der Waals surface area contributed by atoms with Gasteiger partial charge in [0.2, 0.25) is 11.8 Å². The minimum atomic E-state index is -0.888. The first-order valence-electron chi connectivity index (χ1n) is 10.6. The number of benzene rings is 1. The van der Waals surface area contributed by atoms with Gasteiger partial charge in [-0.15, -0.1) is 0 Å². The molecule has 4 N–H and O–H groups in total. The van der Waals surface area contributed by atoms with E-state index in [9.17, 15) is 14.0 Å². The number of aromatic nitrogens is 1. The van der Waals surface area contributed by atoms with E-state index >= 15 is 0 Å². The van der Waals surface area contributed by atoms with E-state index in [-0.39, 0.29) is 36.9 Å². The summed E-state index contributed by atoms with van der Waals surface area (Å²) in [4.78, 5) is 32.1. The zero-order chi connectivity index (χ0) is 22.4. The third-order valence-corrected chi connectivity index (χ3v) is 5.59. The molecule has 1 saturated heterocycles. The Kier molecular flexibility index (Phi) is 7.57. The van der Waals surface area contributed by atoms with Gasteiger partial charge in [-0.1, -0.05) is 24.3 Å². The fourth-order valence-corrected chi connectivity index (χ4v) is 3.90. The van der Waals surface area contributed by atoms with Crippen LogP contribution in [0.1, 0.15) is 37.8 Å². The monoisotopic (exact) mass is 427 g/mol. The Hall–Kier alpha value is -3.00. The van der Waals surface area contributed by atoms with Gasteiger partial charge in [-0.05, 0) is 56.5 Å². The number of hydrogen-bond acceptors (Lipinski definition) is 5. The van der Waals surface area contributed by atoms with Crippen LogP contribution in [0.2, 0.25) is 0 Å². The number of nitrogen functional groups attached to an aromatic ring is 1. The molecule has 1 aromatic heterocycles. The van der Waals surface area contributed by atoms with Crippen molar-refractivity contribution in [1.82, 2.24) is 20.5 Å².